The summed E-state index contributed by atoms with van der Waals surface area (Å²) in [5.41, 5.74) is 5.24. The number of nitrogens with zero attached hydrogens (tertiary/aromatic N) is 1. The summed E-state index contributed by atoms with van der Waals surface area (Å²) in [4.78, 5) is 13.3. The fourth-order valence-corrected chi connectivity index (χ4v) is 5.84. The van der Waals surface area contributed by atoms with Gasteiger partial charge in [-0.25, -0.2) is 13.1 Å². The summed E-state index contributed by atoms with van der Waals surface area (Å²) >= 11 is 7.74. The normalized spacial score (nSPS) is 11.6. The van der Waals surface area contributed by atoms with Crippen LogP contribution in [0, 0.1) is 13.8 Å². The fourth-order valence-electron chi connectivity index (χ4n) is 4.02. The Morgan fingerprint density at radius 1 is 1.14 bits per heavy atom. The second-order valence-corrected chi connectivity index (χ2v) is 12.3. The van der Waals surface area contributed by atoms with Crippen LogP contribution in [0.15, 0.2) is 53.1 Å². The molecule has 0 aliphatic rings. The first kappa shape index (κ1) is 26.9. The predicted octanol–water partition coefficient (Wildman–Crippen LogP) is 6.73. The molecule has 10 heteroatoms. The molecular formula is C27H27ClN2O5S2. The Bertz CT molecular complexity index is 1550. The van der Waals surface area contributed by atoms with Crippen LogP contribution in [0.4, 0.5) is 0 Å². The summed E-state index contributed by atoms with van der Waals surface area (Å²) in [6.07, 6.45) is 0.949. The Morgan fingerprint density at radius 2 is 1.89 bits per heavy atom. The molecule has 0 bridgehead atoms. The van der Waals surface area contributed by atoms with Gasteiger partial charge in [-0.15, -0.1) is 11.3 Å². The van der Waals surface area contributed by atoms with E-state index in [1.807, 2.05) is 68.8 Å². The maximum atomic E-state index is 12.2. The first-order valence-corrected chi connectivity index (χ1v) is 14.6. The second-order valence-electron chi connectivity index (χ2n) is 9.09. The summed E-state index contributed by atoms with van der Waals surface area (Å²) in [6, 6.07) is 14.8. The Labute approximate surface area is 225 Å². The van der Waals surface area contributed by atoms with Crippen molar-refractivity contribution in [1.82, 2.24) is 9.88 Å². The minimum atomic E-state index is -3.63. The number of hydrogen-bond donors (Lipinski definition) is 1. The van der Waals surface area contributed by atoms with Gasteiger partial charge in [0.05, 0.1) is 21.7 Å². The van der Waals surface area contributed by atoms with Crippen LogP contribution in [0.2, 0.25) is 5.02 Å². The molecule has 37 heavy (non-hydrogen) atoms. The van der Waals surface area contributed by atoms with Gasteiger partial charge in [0.2, 0.25) is 10.0 Å². The van der Waals surface area contributed by atoms with Crippen molar-refractivity contribution in [2.24, 2.45) is 0 Å². The fraction of sp³-hybridized carbons (Fsp3) is 0.259. The molecule has 0 fully saturated rings. The predicted molar refractivity (Wildman–Crippen MR) is 147 cm³/mol. The zero-order chi connectivity index (χ0) is 26.9. The number of ether oxygens (including phenoxy) is 1. The zero-order valence-corrected chi connectivity index (χ0v) is 23.5. The van der Waals surface area contributed by atoms with Crippen molar-refractivity contribution >= 4 is 38.9 Å². The maximum absolute atomic E-state index is 12.2. The molecule has 7 nitrogen and oxygen atoms in total. The summed E-state index contributed by atoms with van der Waals surface area (Å²) in [5.74, 6) is 0.891. The number of hydrogen-bond acceptors (Lipinski definition) is 7. The van der Waals surface area contributed by atoms with E-state index in [1.54, 1.807) is 12.1 Å². The number of amides is 1. The summed E-state index contributed by atoms with van der Waals surface area (Å²) in [5, 5.41) is 4.95. The molecule has 4 aromatic rings. The quantitative estimate of drug-likeness (QED) is 0.257. The van der Waals surface area contributed by atoms with Crippen molar-refractivity contribution in [1.29, 1.82) is 0 Å². The van der Waals surface area contributed by atoms with Crippen LogP contribution in [0.5, 0.6) is 5.75 Å². The van der Waals surface area contributed by atoms with E-state index in [4.69, 9.17) is 20.9 Å². The van der Waals surface area contributed by atoms with Crippen LogP contribution < -0.4 is 9.46 Å². The van der Waals surface area contributed by atoms with Gasteiger partial charge in [0, 0.05) is 16.4 Å². The maximum Gasteiger partial charge on any atom is 0.274 e. The highest BCUT2D eigenvalue weighted by Gasteiger charge is 2.23. The van der Waals surface area contributed by atoms with Gasteiger partial charge in [-0.1, -0.05) is 42.7 Å². The highest BCUT2D eigenvalue weighted by atomic mass is 35.5. The van der Waals surface area contributed by atoms with Gasteiger partial charge in [-0.3, -0.25) is 4.79 Å². The summed E-state index contributed by atoms with van der Waals surface area (Å²) in [7, 11) is -3.63. The van der Waals surface area contributed by atoms with E-state index in [0.717, 1.165) is 44.7 Å². The molecule has 2 aromatic heterocycles. The van der Waals surface area contributed by atoms with Crippen LogP contribution in [-0.4, -0.2) is 25.7 Å². The van der Waals surface area contributed by atoms with E-state index in [2.05, 4.69) is 5.16 Å². The van der Waals surface area contributed by atoms with Crippen LogP contribution in [0.25, 0.3) is 21.7 Å². The van der Waals surface area contributed by atoms with Crippen molar-refractivity contribution in [3.8, 4) is 27.4 Å². The number of carbonyl (C=O) groups excluding carboxylic acids is 1. The van der Waals surface area contributed by atoms with E-state index < -0.39 is 15.9 Å². The van der Waals surface area contributed by atoms with Crippen molar-refractivity contribution in [2.75, 3.05) is 6.26 Å². The average molecular weight is 559 g/mol. The lowest BCUT2D eigenvalue weighted by atomic mass is 9.98. The number of aryl methyl sites for hydroxylation is 2. The number of benzene rings is 2. The number of aromatic nitrogens is 1. The van der Waals surface area contributed by atoms with Gasteiger partial charge >= 0.3 is 0 Å². The second kappa shape index (κ2) is 10.7. The Hall–Kier alpha value is -3.14. The van der Waals surface area contributed by atoms with Crippen molar-refractivity contribution < 1.29 is 22.5 Å². The molecule has 0 aliphatic carbocycles. The minimum Gasteiger partial charge on any atom is -0.489 e. The molecule has 1 amide bonds. The van der Waals surface area contributed by atoms with Gasteiger partial charge < -0.3 is 9.26 Å². The number of rotatable bonds is 8. The van der Waals surface area contributed by atoms with Crippen molar-refractivity contribution in [2.45, 2.75) is 40.2 Å². The summed E-state index contributed by atoms with van der Waals surface area (Å²) < 4.78 is 36.6. The van der Waals surface area contributed by atoms with Gasteiger partial charge in [-0.2, -0.15) is 0 Å². The van der Waals surface area contributed by atoms with Gasteiger partial charge in [0.15, 0.2) is 0 Å². The highest BCUT2D eigenvalue weighted by molar-refractivity contribution is 7.89. The highest BCUT2D eigenvalue weighted by Crippen LogP contribution is 2.37. The number of halogens is 1. The number of thiophene rings is 1. The third-order valence-electron chi connectivity index (χ3n) is 5.76. The Balaban J connectivity index is 1.57. The van der Waals surface area contributed by atoms with Crippen LogP contribution in [-0.2, 0) is 16.6 Å². The molecule has 0 saturated carbocycles. The Kier molecular flexibility index (Phi) is 7.77. The van der Waals surface area contributed by atoms with Gasteiger partial charge in [0.1, 0.15) is 23.8 Å². The molecule has 2 aromatic carbocycles. The lowest BCUT2D eigenvalue weighted by Crippen LogP contribution is -2.28. The smallest absolute Gasteiger partial charge is 0.274 e. The van der Waals surface area contributed by atoms with Crippen LogP contribution in [0.3, 0.4) is 0 Å². The standard InChI is InChI=1S/C27H27ClN2O5S2/c1-15(2)26-20(25(29-35-26)24-16(3)7-6-8-21(24)28)14-34-18-9-10-19(17(4)13-18)22-11-12-23(36-22)27(31)30-37(5,32)33/h6-13,15H,14H2,1-5H3,(H,30,31). The monoisotopic (exact) mass is 558 g/mol. The molecular weight excluding hydrogens is 532 g/mol. The third-order valence-corrected chi connectivity index (χ3v) is 7.74. The zero-order valence-electron chi connectivity index (χ0n) is 21.1. The lowest BCUT2D eigenvalue weighted by molar-refractivity contribution is 0.0985. The van der Waals surface area contributed by atoms with Crippen molar-refractivity contribution in [3.05, 3.63) is 80.9 Å². The number of sulfonamides is 1. The molecule has 1 N–H and O–H groups in total. The van der Waals surface area contributed by atoms with E-state index in [9.17, 15) is 13.2 Å². The molecule has 0 radical (unpaired) electrons. The number of nitrogens with one attached hydrogen (secondary N) is 1. The lowest BCUT2D eigenvalue weighted by Gasteiger charge is -2.12. The molecule has 0 aliphatic heterocycles. The largest absolute Gasteiger partial charge is 0.489 e. The van der Waals surface area contributed by atoms with Crippen LogP contribution >= 0.6 is 22.9 Å². The number of carbonyl (C=O) groups is 1. The van der Waals surface area contributed by atoms with Crippen LogP contribution in [0.1, 0.15) is 51.9 Å². The molecule has 0 saturated heterocycles. The molecule has 0 spiro atoms. The van der Waals surface area contributed by atoms with Gasteiger partial charge in [0.25, 0.3) is 5.91 Å². The summed E-state index contributed by atoms with van der Waals surface area (Å²) in [6.45, 7) is 8.27. The average Bonchev–Trinajstić information content (AvgIpc) is 3.44. The van der Waals surface area contributed by atoms with Crippen molar-refractivity contribution in [3.63, 3.8) is 0 Å². The van der Waals surface area contributed by atoms with E-state index in [1.165, 1.54) is 11.3 Å². The minimum absolute atomic E-state index is 0.111. The molecule has 194 valence electrons. The first-order chi connectivity index (χ1) is 17.4. The topological polar surface area (TPSA) is 98.5 Å². The van der Waals surface area contributed by atoms with E-state index in [-0.39, 0.29) is 12.5 Å². The molecule has 0 atom stereocenters. The van der Waals surface area contributed by atoms with E-state index in [0.29, 0.717) is 21.3 Å². The third kappa shape index (κ3) is 6.06. The Morgan fingerprint density at radius 3 is 2.54 bits per heavy atom. The molecule has 2 heterocycles. The van der Waals surface area contributed by atoms with Gasteiger partial charge in [-0.05, 0) is 66.9 Å². The van der Waals surface area contributed by atoms with E-state index >= 15 is 0 Å². The molecule has 4 rings (SSSR count). The SMILES string of the molecule is Cc1cc(OCc2c(-c3c(C)cccc3Cl)noc2C(C)C)ccc1-c1ccc(C(=O)NS(C)(=O)=O)s1. The molecule has 0 unspecified atom stereocenters. The first-order valence-electron chi connectivity index (χ1n) is 11.5.